The minimum Gasteiger partial charge on any atom is -0.459 e. The van der Waals surface area contributed by atoms with E-state index in [1.165, 1.54) is 24.3 Å². The third-order valence-corrected chi connectivity index (χ3v) is 3.97. The van der Waals surface area contributed by atoms with Crippen LogP contribution < -0.4 is 0 Å². The molecule has 150 valence electrons. The number of hydrogen-bond donors (Lipinski definition) is 4. The van der Waals surface area contributed by atoms with Crippen molar-refractivity contribution in [3.8, 4) is 0 Å². The molecule has 0 heterocycles. The van der Waals surface area contributed by atoms with Crippen molar-refractivity contribution in [3.05, 3.63) is 71.8 Å². The second kappa shape index (κ2) is 10.5. The summed E-state index contributed by atoms with van der Waals surface area (Å²) < 4.78 is 9.89. The summed E-state index contributed by atoms with van der Waals surface area (Å²) in [5, 5.41) is 39.5. The molecule has 2 aromatic carbocycles. The Bertz CT molecular complexity index is 749. The first-order valence-electron chi connectivity index (χ1n) is 8.57. The molecule has 4 N–H and O–H groups in total. The summed E-state index contributed by atoms with van der Waals surface area (Å²) in [7, 11) is 0. The van der Waals surface area contributed by atoms with Crippen molar-refractivity contribution in [2.24, 2.45) is 0 Å². The molecule has 8 heteroatoms. The van der Waals surface area contributed by atoms with Gasteiger partial charge in [0.15, 0.2) is 6.10 Å². The number of carbonyl (C=O) groups excluding carboxylic acids is 2. The zero-order valence-electron chi connectivity index (χ0n) is 14.9. The zero-order chi connectivity index (χ0) is 20.5. The normalized spacial score (nSPS) is 15.1. The van der Waals surface area contributed by atoms with Crippen molar-refractivity contribution in [3.63, 3.8) is 0 Å². The zero-order valence-corrected chi connectivity index (χ0v) is 14.9. The number of aliphatic hydroxyl groups is 4. The van der Waals surface area contributed by atoms with Gasteiger partial charge in [-0.2, -0.15) is 0 Å². The van der Waals surface area contributed by atoms with Gasteiger partial charge in [-0.05, 0) is 24.3 Å². The molecule has 0 aliphatic heterocycles. The lowest BCUT2D eigenvalue weighted by atomic mass is 10.0. The monoisotopic (exact) mass is 390 g/mol. The molecular weight excluding hydrogens is 368 g/mol. The first-order chi connectivity index (χ1) is 13.4. The lowest BCUT2D eigenvalue weighted by molar-refractivity contribution is -0.127. The number of benzene rings is 2. The fraction of sp³-hybridized carbons (Fsp3) is 0.300. The molecular formula is C20H22O8. The van der Waals surface area contributed by atoms with E-state index in [1.807, 2.05) is 0 Å². The lowest BCUT2D eigenvalue weighted by Gasteiger charge is -2.28. The maximum atomic E-state index is 12.0. The predicted molar refractivity (Wildman–Crippen MR) is 97.5 cm³/mol. The molecule has 2 rings (SSSR count). The van der Waals surface area contributed by atoms with Gasteiger partial charge in [0.25, 0.3) is 0 Å². The predicted octanol–water partition coefficient (Wildman–Crippen LogP) is 0.144. The van der Waals surface area contributed by atoms with Crippen LogP contribution in [0.5, 0.6) is 0 Å². The van der Waals surface area contributed by atoms with E-state index in [0.717, 1.165) is 0 Å². The number of aliphatic hydroxyl groups excluding tert-OH is 4. The molecule has 28 heavy (non-hydrogen) atoms. The van der Waals surface area contributed by atoms with Crippen LogP contribution in [0.25, 0.3) is 0 Å². The van der Waals surface area contributed by atoms with Crippen LogP contribution in [0, 0.1) is 0 Å². The summed E-state index contributed by atoms with van der Waals surface area (Å²) in [5.74, 6) is -1.52. The quantitative estimate of drug-likeness (QED) is 0.445. The Hall–Kier alpha value is -2.78. The van der Waals surface area contributed by atoms with Gasteiger partial charge in [0.2, 0.25) is 0 Å². The highest BCUT2D eigenvalue weighted by atomic mass is 16.6. The number of hydrogen-bond acceptors (Lipinski definition) is 8. The van der Waals surface area contributed by atoms with Crippen LogP contribution >= 0.6 is 0 Å². The molecule has 0 amide bonds. The first-order valence-corrected chi connectivity index (χ1v) is 8.57. The van der Waals surface area contributed by atoms with Gasteiger partial charge < -0.3 is 29.9 Å². The molecule has 0 radical (unpaired) electrons. The van der Waals surface area contributed by atoms with Gasteiger partial charge in [-0.15, -0.1) is 0 Å². The summed E-state index contributed by atoms with van der Waals surface area (Å²) in [6, 6.07) is 15.9. The van der Waals surface area contributed by atoms with Crippen molar-refractivity contribution in [1.29, 1.82) is 0 Å². The summed E-state index contributed by atoms with van der Waals surface area (Å²) in [6.45, 7) is -1.38. The SMILES string of the molecule is O=C(OC[C@@H](O)[C@@H](O)[C@H](O)[C@@H](CO)OC(=O)c1ccccc1)c1ccccc1. The Labute approximate surface area is 161 Å². The Balaban J connectivity index is 1.90. The van der Waals surface area contributed by atoms with E-state index >= 15 is 0 Å². The van der Waals surface area contributed by atoms with Gasteiger partial charge in [0, 0.05) is 0 Å². The molecule has 0 aromatic heterocycles. The van der Waals surface area contributed by atoms with E-state index in [9.17, 15) is 30.0 Å². The fourth-order valence-electron chi connectivity index (χ4n) is 2.36. The van der Waals surface area contributed by atoms with Gasteiger partial charge in [-0.3, -0.25) is 0 Å². The highest BCUT2D eigenvalue weighted by Crippen LogP contribution is 2.12. The van der Waals surface area contributed by atoms with Crippen molar-refractivity contribution in [1.82, 2.24) is 0 Å². The molecule has 0 saturated heterocycles. The van der Waals surface area contributed by atoms with Crippen LogP contribution in [-0.4, -0.2) is 70.0 Å². The summed E-state index contributed by atoms with van der Waals surface area (Å²) in [5.41, 5.74) is 0.453. The molecule has 4 atom stereocenters. The fourth-order valence-corrected chi connectivity index (χ4v) is 2.36. The Morgan fingerprint density at radius 3 is 1.79 bits per heavy atom. The lowest BCUT2D eigenvalue weighted by Crippen LogP contribution is -2.49. The molecule has 0 fully saturated rings. The molecule has 0 unspecified atom stereocenters. The number of carbonyl (C=O) groups is 2. The Morgan fingerprint density at radius 1 is 0.786 bits per heavy atom. The molecule has 0 bridgehead atoms. The maximum Gasteiger partial charge on any atom is 0.338 e. The third kappa shape index (κ3) is 5.86. The molecule has 0 aliphatic rings. The van der Waals surface area contributed by atoms with Crippen LogP contribution in [0.1, 0.15) is 20.7 Å². The average Bonchev–Trinajstić information content (AvgIpc) is 2.75. The molecule has 0 spiro atoms. The smallest absolute Gasteiger partial charge is 0.338 e. The van der Waals surface area contributed by atoms with E-state index in [0.29, 0.717) is 0 Å². The van der Waals surface area contributed by atoms with E-state index < -0.39 is 49.6 Å². The second-order valence-electron chi connectivity index (χ2n) is 6.01. The van der Waals surface area contributed by atoms with Gasteiger partial charge >= 0.3 is 11.9 Å². The topological polar surface area (TPSA) is 134 Å². The summed E-state index contributed by atoms with van der Waals surface area (Å²) in [6.07, 6.45) is -6.78. The van der Waals surface area contributed by atoms with Crippen LogP contribution in [0.15, 0.2) is 60.7 Å². The number of esters is 2. The maximum absolute atomic E-state index is 12.0. The van der Waals surface area contributed by atoms with Gasteiger partial charge in [0.05, 0.1) is 17.7 Å². The second-order valence-corrected chi connectivity index (χ2v) is 6.01. The van der Waals surface area contributed by atoms with Gasteiger partial charge in [-0.1, -0.05) is 36.4 Å². The third-order valence-electron chi connectivity index (χ3n) is 3.97. The number of ether oxygens (including phenoxy) is 2. The van der Waals surface area contributed by atoms with Gasteiger partial charge in [-0.25, -0.2) is 9.59 Å². The molecule has 0 saturated carbocycles. The van der Waals surface area contributed by atoms with Crippen molar-refractivity contribution in [2.45, 2.75) is 24.4 Å². The summed E-state index contributed by atoms with van der Waals surface area (Å²) in [4.78, 5) is 23.9. The van der Waals surface area contributed by atoms with Crippen molar-refractivity contribution in [2.75, 3.05) is 13.2 Å². The van der Waals surface area contributed by atoms with Crippen LogP contribution in [0.4, 0.5) is 0 Å². The van der Waals surface area contributed by atoms with E-state index in [2.05, 4.69) is 0 Å². The van der Waals surface area contributed by atoms with Crippen molar-refractivity contribution >= 4 is 11.9 Å². The highest BCUT2D eigenvalue weighted by Gasteiger charge is 2.34. The van der Waals surface area contributed by atoms with Crippen molar-refractivity contribution < 1.29 is 39.5 Å². The van der Waals surface area contributed by atoms with E-state index in [4.69, 9.17) is 9.47 Å². The van der Waals surface area contributed by atoms with Crippen LogP contribution in [0.3, 0.4) is 0 Å². The summed E-state index contributed by atoms with van der Waals surface area (Å²) >= 11 is 0. The largest absolute Gasteiger partial charge is 0.459 e. The Kier molecular flexibility index (Phi) is 8.09. The van der Waals surface area contributed by atoms with E-state index in [1.54, 1.807) is 36.4 Å². The molecule has 8 nitrogen and oxygen atoms in total. The minimum absolute atomic E-state index is 0.194. The standard InChI is InChI=1S/C20H22O8/c21-11-16(28-20(26)14-9-5-2-6-10-14)18(24)17(23)15(22)12-27-19(25)13-7-3-1-4-8-13/h1-10,15-18,21-24H,11-12H2/t15-,16-,17-,18-/m1/s1. The average molecular weight is 390 g/mol. The minimum atomic E-state index is -1.83. The number of rotatable bonds is 9. The highest BCUT2D eigenvalue weighted by molar-refractivity contribution is 5.89. The Morgan fingerprint density at radius 2 is 1.29 bits per heavy atom. The van der Waals surface area contributed by atoms with Gasteiger partial charge in [0.1, 0.15) is 24.9 Å². The molecule has 2 aromatic rings. The van der Waals surface area contributed by atoms with Crippen LogP contribution in [-0.2, 0) is 9.47 Å². The first kappa shape index (κ1) is 21.5. The molecule has 0 aliphatic carbocycles. The van der Waals surface area contributed by atoms with Crippen LogP contribution in [0.2, 0.25) is 0 Å². The van der Waals surface area contributed by atoms with E-state index in [-0.39, 0.29) is 11.1 Å².